The number of fused-ring (bicyclic) bond motifs is 1. The summed E-state index contributed by atoms with van der Waals surface area (Å²) in [4.78, 5) is 18.4. The number of hydrogen-bond donors (Lipinski definition) is 1. The molecule has 1 aromatic rings. The highest BCUT2D eigenvalue weighted by Gasteiger charge is 2.31. The fraction of sp³-hybridized carbons (Fsp3) is 0.625. The summed E-state index contributed by atoms with van der Waals surface area (Å²) < 4.78 is 0. The molecule has 1 saturated heterocycles. The lowest BCUT2D eigenvalue weighted by molar-refractivity contribution is -0.118. The van der Waals surface area contributed by atoms with E-state index in [-0.39, 0.29) is 5.91 Å². The predicted octanol–water partition coefficient (Wildman–Crippen LogP) is 3.19. The second-order valence-electron chi connectivity index (χ2n) is 6.22. The van der Waals surface area contributed by atoms with Crippen molar-refractivity contribution in [2.75, 3.05) is 25.0 Å². The summed E-state index contributed by atoms with van der Waals surface area (Å²) in [7, 11) is 0. The van der Waals surface area contributed by atoms with Gasteiger partial charge in [0.25, 0.3) is 0 Å². The highest BCUT2D eigenvalue weighted by molar-refractivity contribution is 6.32. The van der Waals surface area contributed by atoms with Gasteiger partial charge in [0.1, 0.15) is 0 Å². The Kier molecular flexibility index (Phi) is 4.76. The zero-order chi connectivity index (χ0) is 14.7. The van der Waals surface area contributed by atoms with Crippen molar-refractivity contribution in [3.63, 3.8) is 0 Å². The van der Waals surface area contributed by atoms with Gasteiger partial charge in [0, 0.05) is 12.7 Å². The molecule has 2 fully saturated rings. The molecule has 21 heavy (non-hydrogen) atoms. The second kappa shape index (κ2) is 6.75. The van der Waals surface area contributed by atoms with Gasteiger partial charge in [0.05, 0.1) is 12.2 Å². The van der Waals surface area contributed by atoms with Gasteiger partial charge < -0.3 is 5.32 Å². The number of piperidine rings is 1. The van der Waals surface area contributed by atoms with Crippen LogP contribution in [-0.4, -0.2) is 35.4 Å². The molecule has 0 spiro atoms. The first-order valence-electron chi connectivity index (χ1n) is 7.85. The zero-order valence-corrected chi connectivity index (χ0v) is 13.0. The first kappa shape index (κ1) is 14.8. The molecule has 0 radical (unpaired) electrons. The van der Waals surface area contributed by atoms with Gasteiger partial charge in [-0.1, -0.05) is 30.9 Å². The van der Waals surface area contributed by atoms with Crippen LogP contribution in [0.4, 0.5) is 5.69 Å². The van der Waals surface area contributed by atoms with E-state index in [1.165, 1.54) is 32.1 Å². The summed E-state index contributed by atoms with van der Waals surface area (Å²) in [6.45, 7) is 2.56. The number of likely N-dealkylation sites (tertiary alicyclic amines) is 1. The van der Waals surface area contributed by atoms with Crippen molar-refractivity contribution in [3.8, 4) is 0 Å². The van der Waals surface area contributed by atoms with E-state index in [1.807, 2.05) is 0 Å². The molecule has 1 aliphatic carbocycles. The maximum absolute atomic E-state index is 12.2. The zero-order valence-electron chi connectivity index (χ0n) is 12.2. The Morgan fingerprint density at radius 1 is 1.33 bits per heavy atom. The van der Waals surface area contributed by atoms with E-state index in [1.54, 1.807) is 18.3 Å². The quantitative estimate of drug-likeness (QED) is 0.872. The predicted molar refractivity (Wildman–Crippen MR) is 84.4 cm³/mol. The van der Waals surface area contributed by atoms with Crippen molar-refractivity contribution in [2.24, 2.45) is 11.8 Å². The number of nitrogens with zero attached hydrogens (tertiary/aromatic N) is 2. The lowest BCUT2D eigenvalue weighted by Crippen LogP contribution is -2.44. The van der Waals surface area contributed by atoms with Crippen molar-refractivity contribution in [3.05, 3.63) is 23.5 Å². The first-order valence-corrected chi connectivity index (χ1v) is 8.23. The van der Waals surface area contributed by atoms with Crippen LogP contribution in [0.3, 0.4) is 0 Å². The monoisotopic (exact) mass is 307 g/mol. The third-order valence-electron chi connectivity index (χ3n) is 4.78. The van der Waals surface area contributed by atoms with Gasteiger partial charge in [-0.2, -0.15) is 0 Å². The number of pyridine rings is 1. The minimum absolute atomic E-state index is 0.000778. The fourth-order valence-electron chi connectivity index (χ4n) is 3.69. The number of aromatic nitrogens is 1. The topological polar surface area (TPSA) is 45.2 Å². The lowest BCUT2D eigenvalue weighted by atomic mass is 9.75. The van der Waals surface area contributed by atoms with E-state index in [0.29, 0.717) is 17.4 Å². The number of nitrogens with one attached hydrogen (secondary N) is 1. The molecule has 2 atom stereocenters. The number of rotatable bonds is 3. The average Bonchev–Trinajstić information content (AvgIpc) is 2.49. The number of halogens is 1. The Hall–Kier alpha value is -1.13. The molecule has 1 saturated carbocycles. The molecular formula is C16H22ClN3O. The van der Waals surface area contributed by atoms with Crippen molar-refractivity contribution >= 4 is 23.2 Å². The van der Waals surface area contributed by atoms with Crippen molar-refractivity contribution in [1.29, 1.82) is 0 Å². The second-order valence-corrected chi connectivity index (χ2v) is 6.58. The maximum atomic E-state index is 12.2. The van der Waals surface area contributed by atoms with Gasteiger partial charge in [-0.25, -0.2) is 4.98 Å². The molecule has 3 rings (SSSR count). The number of carbonyl (C=O) groups is 1. The Bertz CT molecular complexity index is 508. The summed E-state index contributed by atoms with van der Waals surface area (Å²) in [5.74, 6) is 1.69. The molecule has 0 bridgehead atoms. The van der Waals surface area contributed by atoms with Crippen LogP contribution in [0.1, 0.15) is 32.1 Å². The Balaban J connectivity index is 1.52. The van der Waals surface area contributed by atoms with E-state index in [4.69, 9.17) is 11.6 Å². The normalized spacial score (nSPS) is 26.1. The van der Waals surface area contributed by atoms with Crippen LogP contribution in [0.25, 0.3) is 0 Å². The van der Waals surface area contributed by atoms with E-state index in [9.17, 15) is 4.79 Å². The number of carbonyl (C=O) groups excluding carboxylic acids is 1. The van der Waals surface area contributed by atoms with Gasteiger partial charge >= 0.3 is 0 Å². The molecule has 2 heterocycles. The van der Waals surface area contributed by atoms with E-state index in [0.717, 1.165) is 24.9 Å². The maximum Gasteiger partial charge on any atom is 0.238 e. The van der Waals surface area contributed by atoms with Crippen LogP contribution < -0.4 is 5.32 Å². The number of hydrogen-bond acceptors (Lipinski definition) is 3. The van der Waals surface area contributed by atoms with E-state index in [2.05, 4.69) is 15.2 Å². The fourth-order valence-corrected chi connectivity index (χ4v) is 3.86. The Labute approximate surface area is 130 Å². The summed E-state index contributed by atoms with van der Waals surface area (Å²) in [6.07, 6.45) is 8.32. The molecule has 5 heteroatoms. The Morgan fingerprint density at radius 3 is 2.95 bits per heavy atom. The minimum Gasteiger partial charge on any atom is -0.322 e. The van der Waals surface area contributed by atoms with Gasteiger partial charge in [0.2, 0.25) is 5.91 Å². The van der Waals surface area contributed by atoms with Crippen molar-refractivity contribution < 1.29 is 4.79 Å². The van der Waals surface area contributed by atoms with E-state index < -0.39 is 0 Å². The summed E-state index contributed by atoms with van der Waals surface area (Å²) in [6, 6.07) is 3.55. The first-order chi connectivity index (χ1) is 10.2. The molecule has 114 valence electrons. The third kappa shape index (κ3) is 3.74. The number of amides is 1. The Morgan fingerprint density at radius 2 is 2.14 bits per heavy atom. The highest BCUT2D eigenvalue weighted by atomic mass is 35.5. The largest absolute Gasteiger partial charge is 0.322 e. The van der Waals surface area contributed by atoms with Gasteiger partial charge in [-0.15, -0.1) is 0 Å². The van der Waals surface area contributed by atoms with Crippen LogP contribution in [-0.2, 0) is 4.79 Å². The van der Waals surface area contributed by atoms with Gasteiger partial charge in [0.15, 0.2) is 5.15 Å². The summed E-state index contributed by atoms with van der Waals surface area (Å²) in [5, 5.41) is 3.20. The van der Waals surface area contributed by atoms with Crippen molar-refractivity contribution in [1.82, 2.24) is 9.88 Å². The summed E-state index contributed by atoms with van der Waals surface area (Å²) >= 11 is 5.96. The molecule has 0 unspecified atom stereocenters. The smallest absolute Gasteiger partial charge is 0.238 e. The summed E-state index contributed by atoms with van der Waals surface area (Å²) in [5.41, 5.74) is 0.594. The van der Waals surface area contributed by atoms with Gasteiger partial charge in [-0.3, -0.25) is 9.69 Å². The highest BCUT2D eigenvalue weighted by Crippen LogP contribution is 2.35. The van der Waals surface area contributed by atoms with Crippen LogP contribution >= 0.6 is 11.6 Å². The SMILES string of the molecule is O=C(CN1CC[C@H]2CCCC[C@@H]2C1)Nc1cccnc1Cl. The molecule has 1 aliphatic heterocycles. The standard InChI is InChI=1S/C16H22ClN3O/c17-16-14(6-3-8-18-16)19-15(21)11-20-9-7-12-4-1-2-5-13(12)10-20/h3,6,8,12-13H,1-2,4-5,7,9-11H2,(H,19,21)/t12-,13-/m1/s1. The lowest BCUT2D eigenvalue weighted by Gasteiger charge is -2.41. The molecule has 1 aromatic heterocycles. The van der Waals surface area contributed by atoms with Crippen LogP contribution in [0.5, 0.6) is 0 Å². The molecule has 1 amide bonds. The van der Waals surface area contributed by atoms with Crippen LogP contribution in [0.15, 0.2) is 18.3 Å². The van der Waals surface area contributed by atoms with Crippen LogP contribution in [0, 0.1) is 11.8 Å². The van der Waals surface area contributed by atoms with Gasteiger partial charge in [-0.05, 0) is 43.4 Å². The average molecular weight is 308 g/mol. The van der Waals surface area contributed by atoms with Crippen molar-refractivity contribution in [2.45, 2.75) is 32.1 Å². The minimum atomic E-state index is -0.000778. The van der Waals surface area contributed by atoms with Crippen LogP contribution in [0.2, 0.25) is 5.15 Å². The molecule has 2 aliphatic rings. The molecule has 0 aromatic carbocycles. The van der Waals surface area contributed by atoms with E-state index >= 15 is 0 Å². The molecular weight excluding hydrogens is 286 g/mol. The molecule has 4 nitrogen and oxygen atoms in total. The third-order valence-corrected chi connectivity index (χ3v) is 5.08. The number of anilines is 1. The molecule has 1 N–H and O–H groups in total.